The molecule has 0 aliphatic carbocycles. The van der Waals surface area contributed by atoms with Crippen LogP contribution in [0.15, 0.2) is 30.3 Å². The molecule has 3 N–H and O–H groups in total. The predicted octanol–water partition coefficient (Wildman–Crippen LogP) is 2.22. The van der Waals surface area contributed by atoms with Crippen molar-refractivity contribution in [2.24, 2.45) is 0 Å². The maximum Gasteiger partial charge on any atom is 0.142 e. The normalized spacial score (nSPS) is 9.88. The largest absolute Gasteiger partial charge is 0.508 e. The van der Waals surface area contributed by atoms with Crippen molar-refractivity contribution >= 4 is 5.82 Å². The average molecular weight is 225 g/mol. The Labute approximate surface area is 99.0 Å². The van der Waals surface area contributed by atoms with Gasteiger partial charge >= 0.3 is 0 Å². The summed E-state index contributed by atoms with van der Waals surface area (Å²) in [6.45, 7) is 1.82. The highest BCUT2D eigenvalue weighted by molar-refractivity contribution is 5.75. The second-order valence-electron chi connectivity index (χ2n) is 3.73. The molecular formula is C13H11N3O. The van der Waals surface area contributed by atoms with Gasteiger partial charge in [0, 0.05) is 11.3 Å². The third-order valence-corrected chi connectivity index (χ3v) is 2.47. The average Bonchev–Trinajstić information content (AvgIpc) is 2.29. The molecule has 2 aromatic rings. The SMILES string of the molecule is Cc1cc(-c2ccc(O)cc2)c(C#N)c(N)n1. The number of hydrogen-bond acceptors (Lipinski definition) is 4. The quantitative estimate of drug-likeness (QED) is 0.779. The van der Waals surface area contributed by atoms with E-state index < -0.39 is 0 Å². The van der Waals surface area contributed by atoms with Gasteiger partial charge in [0.05, 0.1) is 0 Å². The van der Waals surface area contributed by atoms with Crippen molar-refractivity contribution < 1.29 is 5.11 Å². The first-order valence-electron chi connectivity index (χ1n) is 5.08. The molecule has 1 aromatic heterocycles. The summed E-state index contributed by atoms with van der Waals surface area (Å²) in [4.78, 5) is 4.05. The smallest absolute Gasteiger partial charge is 0.142 e. The van der Waals surface area contributed by atoms with Crippen LogP contribution in [0.2, 0.25) is 0 Å². The molecule has 4 heteroatoms. The third kappa shape index (κ3) is 2.04. The van der Waals surface area contributed by atoms with Crippen LogP contribution < -0.4 is 5.73 Å². The minimum atomic E-state index is 0.186. The Morgan fingerprint density at radius 1 is 1.29 bits per heavy atom. The summed E-state index contributed by atoms with van der Waals surface area (Å²) in [6.07, 6.45) is 0. The highest BCUT2D eigenvalue weighted by atomic mass is 16.3. The number of nitrogen functional groups attached to an aromatic ring is 1. The maximum atomic E-state index is 9.24. The van der Waals surface area contributed by atoms with E-state index >= 15 is 0 Å². The fourth-order valence-corrected chi connectivity index (χ4v) is 1.68. The van der Waals surface area contributed by atoms with Crippen LogP contribution in [-0.2, 0) is 0 Å². The molecular weight excluding hydrogens is 214 g/mol. The fraction of sp³-hybridized carbons (Fsp3) is 0.0769. The molecule has 0 amide bonds. The van der Waals surface area contributed by atoms with Gasteiger partial charge in [0.25, 0.3) is 0 Å². The van der Waals surface area contributed by atoms with Gasteiger partial charge in [-0.1, -0.05) is 12.1 Å². The van der Waals surface area contributed by atoms with Gasteiger partial charge in [0.1, 0.15) is 23.2 Å². The zero-order chi connectivity index (χ0) is 12.4. The number of nitriles is 1. The molecule has 1 heterocycles. The first kappa shape index (κ1) is 11.0. The monoisotopic (exact) mass is 225 g/mol. The number of benzene rings is 1. The fourth-order valence-electron chi connectivity index (χ4n) is 1.68. The van der Waals surface area contributed by atoms with E-state index in [1.165, 1.54) is 0 Å². The van der Waals surface area contributed by atoms with Crippen LogP contribution in [-0.4, -0.2) is 10.1 Å². The van der Waals surface area contributed by atoms with Crippen LogP contribution >= 0.6 is 0 Å². The Morgan fingerprint density at radius 2 is 1.94 bits per heavy atom. The van der Waals surface area contributed by atoms with E-state index in [-0.39, 0.29) is 11.6 Å². The van der Waals surface area contributed by atoms with E-state index in [0.29, 0.717) is 5.56 Å². The lowest BCUT2D eigenvalue weighted by molar-refractivity contribution is 0.475. The lowest BCUT2D eigenvalue weighted by Gasteiger charge is -2.07. The number of pyridine rings is 1. The molecule has 2 rings (SSSR count). The van der Waals surface area contributed by atoms with Gasteiger partial charge in [-0.05, 0) is 30.7 Å². The van der Waals surface area contributed by atoms with Gasteiger partial charge in [-0.3, -0.25) is 0 Å². The Kier molecular flexibility index (Phi) is 2.67. The Hall–Kier alpha value is -2.54. The van der Waals surface area contributed by atoms with Gasteiger partial charge < -0.3 is 10.8 Å². The van der Waals surface area contributed by atoms with Crippen LogP contribution in [0.3, 0.4) is 0 Å². The van der Waals surface area contributed by atoms with E-state index in [0.717, 1.165) is 16.8 Å². The number of hydrogen-bond donors (Lipinski definition) is 2. The van der Waals surface area contributed by atoms with Crippen LogP contribution in [0.5, 0.6) is 5.75 Å². The van der Waals surface area contributed by atoms with E-state index in [9.17, 15) is 5.11 Å². The Bertz CT molecular complexity index is 597. The van der Waals surface area contributed by atoms with Gasteiger partial charge in [-0.15, -0.1) is 0 Å². The Balaban J connectivity index is 2.66. The number of aromatic nitrogens is 1. The molecule has 0 aliphatic heterocycles. The molecule has 0 fully saturated rings. The molecule has 0 radical (unpaired) electrons. The van der Waals surface area contributed by atoms with Gasteiger partial charge in [-0.2, -0.15) is 5.26 Å². The number of nitrogens with two attached hydrogens (primary N) is 1. The number of aryl methyl sites for hydroxylation is 1. The van der Waals surface area contributed by atoms with E-state index in [1.54, 1.807) is 30.3 Å². The number of phenols is 1. The van der Waals surface area contributed by atoms with Gasteiger partial charge in [-0.25, -0.2) is 4.98 Å². The standard InChI is InChI=1S/C13H11N3O/c1-8-6-11(12(7-14)13(15)16-8)9-2-4-10(17)5-3-9/h2-6,17H,1H3,(H2,15,16). The highest BCUT2D eigenvalue weighted by Crippen LogP contribution is 2.28. The molecule has 84 valence electrons. The van der Waals surface area contributed by atoms with Crippen molar-refractivity contribution in [1.29, 1.82) is 5.26 Å². The van der Waals surface area contributed by atoms with Gasteiger partial charge in [0.15, 0.2) is 0 Å². The summed E-state index contributed by atoms with van der Waals surface area (Å²) >= 11 is 0. The van der Waals surface area contributed by atoms with Crippen molar-refractivity contribution in [2.45, 2.75) is 6.92 Å². The number of aromatic hydroxyl groups is 1. The number of anilines is 1. The summed E-state index contributed by atoms with van der Waals surface area (Å²) in [5, 5.41) is 18.3. The van der Waals surface area contributed by atoms with Gasteiger partial charge in [0.2, 0.25) is 0 Å². The first-order valence-corrected chi connectivity index (χ1v) is 5.08. The highest BCUT2D eigenvalue weighted by Gasteiger charge is 2.10. The molecule has 0 atom stereocenters. The molecule has 0 unspecified atom stereocenters. The topological polar surface area (TPSA) is 82.9 Å². The predicted molar refractivity (Wildman–Crippen MR) is 65.2 cm³/mol. The maximum absolute atomic E-state index is 9.24. The summed E-state index contributed by atoms with van der Waals surface area (Å²) in [7, 11) is 0. The van der Waals surface area contributed by atoms with Crippen LogP contribution in [0.4, 0.5) is 5.82 Å². The summed E-state index contributed by atoms with van der Waals surface area (Å²) in [6, 6.07) is 10.5. The van der Waals surface area contributed by atoms with E-state index in [1.807, 2.05) is 6.92 Å². The molecule has 0 saturated heterocycles. The summed E-state index contributed by atoms with van der Waals surface area (Å²) in [5.74, 6) is 0.418. The molecule has 0 spiro atoms. The molecule has 0 saturated carbocycles. The zero-order valence-corrected chi connectivity index (χ0v) is 9.31. The van der Waals surface area contributed by atoms with E-state index in [4.69, 9.17) is 11.0 Å². The van der Waals surface area contributed by atoms with Crippen LogP contribution in [0, 0.1) is 18.3 Å². The summed E-state index contributed by atoms with van der Waals surface area (Å²) < 4.78 is 0. The lowest BCUT2D eigenvalue weighted by Crippen LogP contribution is -1.99. The molecule has 0 aliphatic rings. The molecule has 1 aromatic carbocycles. The molecule has 4 nitrogen and oxygen atoms in total. The number of rotatable bonds is 1. The van der Waals surface area contributed by atoms with Crippen molar-refractivity contribution in [1.82, 2.24) is 4.98 Å². The van der Waals surface area contributed by atoms with Crippen molar-refractivity contribution in [2.75, 3.05) is 5.73 Å². The second kappa shape index (κ2) is 4.14. The summed E-state index contributed by atoms with van der Waals surface area (Å²) in [5.41, 5.74) is 8.40. The minimum absolute atomic E-state index is 0.186. The van der Waals surface area contributed by atoms with Crippen molar-refractivity contribution in [3.63, 3.8) is 0 Å². The first-order chi connectivity index (χ1) is 8.11. The third-order valence-electron chi connectivity index (χ3n) is 2.47. The van der Waals surface area contributed by atoms with Crippen molar-refractivity contribution in [3.8, 4) is 22.9 Å². The second-order valence-corrected chi connectivity index (χ2v) is 3.73. The number of phenolic OH excluding ortho intramolecular Hbond substituents is 1. The van der Waals surface area contributed by atoms with E-state index in [2.05, 4.69) is 11.1 Å². The van der Waals surface area contributed by atoms with Crippen LogP contribution in [0.1, 0.15) is 11.3 Å². The molecule has 0 bridgehead atoms. The van der Waals surface area contributed by atoms with Crippen LogP contribution in [0.25, 0.3) is 11.1 Å². The van der Waals surface area contributed by atoms with Crippen molar-refractivity contribution in [3.05, 3.63) is 41.6 Å². The molecule has 17 heavy (non-hydrogen) atoms. The number of nitrogens with zero attached hydrogens (tertiary/aromatic N) is 2. The lowest BCUT2D eigenvalue weighted by atomic mass is 10.0. The zero-order valence-electron chi connectivity index (χ0n) is 9.31. The minimum Gasteiger partial charge on any atom is -0.508 e. The Morgan fingerprint density at radius 3 is 2.53 bits per heavy atom.